The molecular weight excluding hydrogens is 198 g/mol. The van der Waals surface area contributed by atoms with Crippen LogP contribution in [0.1, 0.15) is 37.7 Å². The Kier molecular flexibility index (Phi) is 3.60. The Labute approximate surface area is 97.1 Å². The first kappa shape index (κ1) is 11.2. The fraction of sp³-hybridized carbons (Fsp3) is 0.500. The maximum Gasteiger partial charge on any atom is 0.224 e. The molecule has 0 aliphatic heterocycles. The SMILES string of the molecule is Cc1ccccc1NC(=O)CC1CCCC1. The van der Waals surface area contributed by atoms with Gasteiger partial charge in [-0.3, -0.25) is 4.79 Å². The number of aryl methyl sites for hydroxylation is 1. The molecule has 2 nitrogen and oxygen atoms in total. The molecule has 0 unspecified atom stereocenters. The summed E-state index contributed by atoms with van der Waals surface area (Å²) in [6, 6.07) is 7.92. The Bertz CT molecular complexity index is 367. The molecule has 1 aliphatic rings. The van der Waals surface area contributed by atoms with Crippen LogP contribution in [-0.2, 0) is 4.79 Å². The van der Waals surface area contributed by atoms with Crippen molar-refractivity contribution in [1.29, 1.82) is 0 Å². The van der Waals surface area contributed by atoms with Gasteiger partial charge in [-0.15, -0.1) is 0 Å². The molecule has 0 aromatic heterocycles. The lowest BCUT2D eigenvalue weighted by molar-refractivity contribution is -0.117. The van der Waals surface area contributed by atoms with Gasteiger partial charge in [0.15, 0.2) is 0 Å². The van der Waals surface area contributed by atoms with E-state index in [0.717, 1.165) is 11.3 Å². The average molecular weight is 217 g/mol. The molecule has 1 amide bonds. The van der Waals surface area contributed by atoms with Crippen LogP contribution in [0.5, 0.6) is 0 Å². The number of benzene rings is 1. The number of hydrogen-bond donors (Lipinski definition) is 1. The van der Waals surface area contributed by atoms with Crippen molar-refractivity contribution in [2.24, 2.45) is 5.92 Å². The second-order valence-electron chi connectivity index (χ2n) is 4.72. The second-order valence-corrected chi connectivity index (χ2v) is 4.72. The maximum absolute atomic E-state index is 11.8. The highest BCUT2D eigenvalue weighted by Crippen LogP contribution is 2.27. The summed E-state index contributed by atoms with van der Waals surface area (Å²) in [6.07, 6.45) is 5.72. The van der Waals surface area contributed by atoms with Crippen LogP contribution in [-0.4, -0.2) is 5.91 Å². The maximum atomic E-state index is 11.8. The molecule has 2 rings (SSSR count). The molecule has 0 saturated heterocycles. The topological polar surface area (TPSA) is 29.1 Å². The third kappa shape index (κ3) is 2.84. The highest BCUT2D eigenvalue weighted by Gasteiger charge is 2.18. The summed E-state index contributed by atoms with van der Waals surface area (Å²) in [7, 11) is 0. The summed E-state index contributed by atoms with van der Waals surface area (Å²) in [5, 5.41) is 3.00. The van der Waals surface area contributed by atoms with Crippen LogP contribution < -0.4 is 5.32 Å². The highest BCUT2D eigenvalue weighted by atomic mass is 16.1. The number of anilines is 1. The van der Waals surface area contributed by atoms with Gasteiger partial charge in [0.1, 0.15) is 0 Å². The van der Waals surface area contributed by atoms with Gasteiger partial charge in [-0.1, -0.05) is 31.0 Å². The van der Waals surface area contributed by atoms with Crippen LogP contribution in [0.4, 0.5) is 5.69 Å². The molecule has 1 aliphatic carbocycles. The largest absolute Gasteiger partial charge is 0.326 e. The molecule has 16 heavy (non-hydrogen) atoms. The Morgan fingerprint density at radius 3 is 2.69 bits per heavy atom. The van der Waals surface area contributed by atoms with Crippen molar-refractivity contribution >= 4 is 11.6 Å². The van der Waals surface area contributed by atoms with Gasteiger partial charge in [-0.25, -0.2) is 0 Å². The summed E-state index contributed by atoms with van der Waals surface area (Å²) >= 11 is 0. The van der Waals surface area contributed by atoms with Crippen LogP contribution in [0.15, 0.2) is 24.3 Å². The quantitative estimate of drug-likeness (QED) is 0.824. The molecule has 0 heterocycles. The normalized spacial score (nSPS) is 16.3. The van der Waals surface area contributed by atoms with E-state index in [1.54, 1.807) is 0 Å². The van der Waals surface area contributed by atoms with Crippen molar-refractivity contribution in [3.63, 3.8) is 0 Å². The number of hydrogen-bond acceptors (Lipinski definition) is 1. The summed E-state index contributed by atoms with van der Waals surface area (Å²) in [6.45, 7) is 2.02. The molecule has 0 radical (unpaired) electrons. The summed E-state index contributed by atoms with van der Waals surface area (Å²) in [5.41, 5.74) is 2.08. The Balaban J connectivity index is 1.89. The zero-order valence-corrected chi connectivity index (χ0v) is 9.83. The number of carbonyl (C=O) groups is 1. The van der Waals surface area contributed by atoms with Crippen molar-refractivity contribution in [3.05, 3.63) is 29.8 Å². The van der Waals surface area contributed by atoms with Crippen molar-refractivity contribution in [2.45, 2.75) is 39.0 Å². The van der Waals surface area contributed by atoms with Gasteiger partial charge >= 0.3 is 0 Å². The number of rotatable bonds is 3. The van der Waals surface area contributed by atoms with Crippen molar-refractivity contribution in [2.75, 3.05) is 5.32 Å². The molecular formula is C14H19NO. The molecule has 1 aromatic rings. The monoisotopic (exact) mass is 217 g/mol. The predicted molar refractivity (Wildman–Crippen MR) is 66.4 cm³/mol. The lowest BCUT2D eigenvalue weighted by atomic mass is 10.0. The minimum Gasteiger partial charge on any atom is -0.326 e. The highest BCUT2D eigenvalue weighted by molar-refractivity contribution is 5.91. The van der Waals surface area contributed by atoms with Gasteiger partial charge in [-0.05, 0) is 37.3 Å². The molecule has 0 atom stereocenters. The van der Waals surface area contributed by atoms with E-state index < -0.39 is 0 Å². The van der Waals surface area contributed by atoms with E-state index in [-0.39, 0.29) is 5.91 Å². The standard InChI is InChI=1S/C14H19NO/c1-11-6-2-5-9-13(11)15-14(16)10-12-7-3-4-8-12/h2,5-6,9,12H,3-4,7-8,10H2,1H3,(H,15,16). The minimum atomic E-state index is 0.168. The van der Waals surface area contributed by atoms with Gasteiger partial charge in [0.05, 0.1) is 0 Å². The molecule has 2 heteroatoms. The number of para-hydroxylation sites is 1. The molecule has 1 N–H and O–H groups in total. The van der Waals surface area contributed by atoms with E-state index in [9.17, 15) is 4.79 Å². The van der Waals surface area contributed by atoms with E-state index in [0.29, 0.717) is 12.3 Å². The van der Waals surface area contributed by atoms with Gasteiger partial charge in [-0.2, -0.15) is 0 Å². The van der Waals surface area contributed by atoms with Crippen molar-refractivity contribution < 1.29 is 4.79 Å². The molecule has 0 spiro atoms. The Morgan fingerprint density at radius 1 is 1.31 bits per heavy atom. The van der Waals surface area contributed by atoms with E-state index in [2.05, 4.69) is 5.32 Å². The Morgan fingerprint density at radius 2 is 2.00 bits per heavy atom. The molecule has 1 aromatic carbocycles. The number of amides is 1. The van der Waals surface area contributed by atoms with Crippen molar-refractivity contribution in [1.82, 2.24) is 0 Å². The first-order valence-corrected chi connectivity index (χ1v) is 6.11. The number of nitrogens with one attached hydrogen (secondary N) is 1. The minimum absolute atomic E-state index is 0.168. The van der Waals surface area contributed by atoms with E-state index >= 15 is 0 Å². The van der Waals surface area contributed by atoms with Crippen LogP contribution in [0, 0.1) is 12.8 Å². The van der Waals surface area contributed by atoms with E-state index in [1.165, 1.54) is 25.7 Å². The predicted octanol–water partition coefficient (Wildman–Crippen LogP) is 3.51. The van der Waals surface area contributed by atoms with Gasteiger partial charge in [0.25, 0.3) is 0 Å². The fourth-order valence-corrected chi connectivity index (χ4v) is 2.39. The first-order chi connectivity index (χ1) is 7.75. The smallest absolute Gasteiger partial charge is 0.224 e. The molecule has 0 bridgehead atoms. The lowest BCUT2D eigenvalue weighted by Gasteiger charge is -2.11. The zero-order valence-electron chi connectivity index (χ0n) is 9.83. The van der Waals surface area contributed by atoms with Gasteiger partial charge in [0, 0.05) is 12.1 Å². The third-order valence-corrected chi connectivity index (χ3v) is 3.37. The lowest BCUT2D eigenvalue weighted by Crippen LogP contribution is -2.15. The third-order valence-electron chi connectivity index (χ3n) is 3.37. The molecule has 1 fully saturated rings. The van der Waals surface area contributed by atoms with E-state index in [1.807, 2.05) is 31.2 Å². The second kappa shape index (κ2) is 5.15. The van der Waals surface area contributed by atoms with Crippen LogP contribution >= 0.6 is 0 Å². The molecule has 86 valence electrons. The first-order valence-electron chi connectivity index (χ1n) is 6.11. The zero-order chi connectivity index (χ0) is 11.4. The average Bonchev–Trinajstić information content (AvgIpc) is 2.74. The van der Waals surface area contributed by atoms with E-state index in [4.69, 9.17) is 0 Å². The van der Waals surface area contributed by atoms with Crippen LogP contribution in [0.25, 0.3) is 0 Å². The summed E-state index contributed by atoms with van der Waals surface area (Å²) in [5.74, 6) is 0.783. The van der Waals surface area contributed by atoms with Crippen LogP contribution in [0.2, 0.25) is 0 Å². The summed E-state index contributed by atoms with van der Waals surface area (Å²) < 4.78 is 0. The molecule has 1 saturated carbocycles. The summed E-state index contributed by atoms with van der Waals surface area (Å²) in [4.78, 5) is 11.8. The Hall–Kier alpha value is -1.31. The fourth-order valence-electron chi connectivity index (χ4n) is 2.39. The van der Waals surface area contributed by atoms with Gasteiger partial charge in [0.2, 0.25) is 5.91 Å². The van der Waals surface area contributed by atoms with Gasteiger partial charge < -0.3 is 5.32 Å². The number of carbonyl (C=O) groups excluding carboxylic acids is 1. The van der Waals surface area contributed by atoms with Crippen molar-refractivity contribution in [3.8, 4) is 0 Å². The van der Waals surface area contributed by atoms with Crippen LogP contribution in [0.3, 0.4) is 0 Å².